The van der Waals surface area contributed by atoms with Crippen LogP contribution in [-0.2, 0) is 38.2 Å². The Hall–Kier alpha value is -3.29. The maximum atomic E-state index is 14.3. The molecule has 0 radical (unpaired) electrons. The number of cyclic esters (lactones) is 1. The third kappa shape index (κ3) is 13.9. The lowest BCUT2D eigenvalue weighted by molar-refractivity contribution is -0.265. The van der Waals surface area contributed by atoms with Gasteiger partial charge in [0, 0.05) is 50.2 Å². The fourth-order valence-electron chi connectivity index (χ4n) is 10.2. The van der Waals surface area contributed by atoms with E-state index < -0.39 is 71.7 Å². The predicted molar refractivity (Wildman–Crippen MR) is 242 cm³/mol. The number of aliphatic hydroxyl groups is 3. The maximum Gasteiger partial charge on any atom is 0.329 e. The lowest BCUT2D eigenvalue weighted by atomic mass is 9.75. The van der Waals surface area contributed by atoms with Crippen molar-refractivity contribution >= 4 is 29.2 Å². The summed E-state index contributed by atoms with van der Waals surface area (Å²) in [5.74, 6) is -7.70. The molecule has 63 heavy (non-hydrogen) atoms. The first-order valence-corrected chi connectivity index (χ1v) is 23.8. The fraction of sp³-hybridized carbons (Fsp3) is 0.745. The summed E-state index contributed by atoms with van der Waals surface area (Å²) in [6, 6.07) is -1.10. The molecule has 15 atom stereocenters. The average molecular weight is 882 g/mol. The minimum Gasteiger partial charge on any atom is -0.460 e. The Kier molecular flexibility index (Phi) is 19.7. The van der Waals surface area contributed by atoms with Gasteiger partial charge in [0.2, 0.25) is 5.79 Å². The molecule has 4 aliphatic rings. The molecule has 3 N–H and O–H groups in total. The van der Waals surface area contributed by atoms with Crippen LogP contribution in [0.3, 0.4) is 0 Å². The van der Waals surface area contributed by atoms with Crippen LogP contribution in [0.15, 0.2) is 47.6 Å². The highest BCUT2D eigenvalue weighted by molar-refractivity contribution is 6.39. The Morgan fingerprint density at radius 2 is 1.59 bits per heavy atom. The van der Waals surface area contributed by atoms with Crippen LogP contribution in [0.1, 0.15) is 139 Å². The molecule has 0 aromatic heterocycles. The van der Waals surface area contributed by atoms with Gasteiger partial charge in [0.1, 0.15) is 23.7 Å². The number of Topliss-reactive ketones (excluding diaryl/α,β-unsaturated/α-hetero) is 3. The van der Waals surface area contributed by atoms with Crippen LogP contribution in [0.4, 0.5) is 0 Å². The molecule has 354 valence electrons. The number of carbonyl (C=O) groups excluding carboxylic acids is 5. The van der Waals surface area contributed by atoms with E-state index in [0.29, 0.717) is 56.9 Å². The number of carbonyl (C=O) groups is 5. The zero-order valence-corrected chi connectivity index (χ0v) is 39.8. The third-order valence-electron chi connectivity index (χ3n) is 14.6. The summed E-state index contributed by atoms with van der Waals surface area (Å²) in [6.07, 6.45) is 14.2. The second-order valence-corrected chi connectivity index (χ2v) is 19.9. The number of hydrogen-bond donors (Lipinski definition) is 3. The van der Waals surface area contributed by atoms with Gasteiger partial charge in [0.15, 0.2) is 0 Å². The van der Waals surface area contributed by atoms with Crippen LogP contribution < -0.4 is 0 Å². The van der Waals surface area contributed by atoms with Crippen molar-refractivity contribution in [2.75, 3.05) is 13.7 Å². The van der Waals surface area contributed by atoms with E-state index in [1.807, 2.05) is 65.0 Å². The molecule has 2 saturated heterocycles. The number of aliphatic hydroxyl groups excluding tert-OH is 2. The molecule has 0 spiro atoms. The Morgan fingerprint density at radius 3 is 2.27 bits per heavy atom. The van der Waals surface area contributed by atoms with Crippen molar-refractivity contribution in [2.24, 2.45) is 47.3 Å². The summed E-state index contributed by atoms with van der Waals surface area (Å²) in [5.41, 5.74) is 1.40. The van der Waals surface area contributed by atoms with Gasteiger partial charge < -0.3 is 34.4 Å². The van der Waals surface area contributed by atoms with E-state index in [9.17, 15) is 39.3 Å². The molecular weight excluding hydrogens is 803 g/mol. The molecule has 3 aliphatic heterocycles. The van der Waals surface area contributed by atoms with Crippen LogP contribution >= 0.6 is 0 Å². The van der Waals surface area contributed by atoms with Crippen LogP contribution in [0, 0.1) is 47.3 Å². The Bertz CT molecular complexity index is 1720. The highest BCUT2D eigenvalue weighted by Crippen LogP contribution is 2.38. The summed E-state index contributed by atoms with van der Waals surface area (Å²) in [7, 11) is 1.59. The van der Waals surface area contributed by atoms with Gasteiger partial charge in [0.05, 0.1) is 24.4 Å². The molecule has 1 aliphatic carbocycles. The smallest absolute Gasteiger partial charge is 0.329 e. The molecule has 0 unspecified atom stereocenters. The molecule has 0 aromatic carbocycles. The summed E-state index contributed by atoms with van der Waals surface area (Å²) in [6.45, 7) is 16.8. The summed E-state index contributed by atoms with van der Waals surface area (Å²) >= 11 is 0. The molecule has 12 nitrogen and oxygen atoms in total. The van der Waals surface area contributed by atoms with Crippen LogP contribution in [0.25, 0.3) is 0 Å². The number of rotatable bonds is 4. The average Bonchev–Trinajstić information content (AvgIpc) is 3.25. The summed E-state index contributed by atoms with van der Waals surface area (Å²) < 4.78 is 18.3. The van der Waals surface area contributed by atoms with Gasteiger partial charge in [0.25, 0.3) is 11.7 Å². The third-order valence-corrected chi connectivity index (χ3v) is 14.6. The number of piperidine rings is 1. The molecule has 3 heterocycles. The molecule has 1 saturated carbocycles. The fourth-order valence-corrected chi connectivity index (χ4v) is 10.2. The molecule has 3 fully saturated rings. The van der Waals surface area contributed by atoms with E-state index in [1.165, 1.54) is 4.90 Å². The number of nitrogens with zero attached hydrogens (tertiary/aromatic N) is 1. The molecular formula is C51H79NO11. The van der Waals surface area contributed by atoms with Crippen LogP contribution in [0.2, 0.25) is 0 Å². The predicted octanol–water partition coefficient (Wildman–Crippen LogP) is 7.42. The van der Waals surface area contributed by atoms with Gasteiger partial charge in [-0.1, -0.05) is 84.9 Å². The van der Waals surface area contributed by atoms with Crippen LogP contribution in [0.5, 0.6) is 0 Å². The zero-order valence-electron chi connectivity index (χ0n) is 39.8. The van der Waals surface area contributed by atoms with E-state index in [-0.39, 0.29) is 66.6 Å². The van der Waals surface area contributed by atoms with Gasteiger partial charge in [-0.25, -0.2) is 4.79 Å². The summed E-state index contributed by atoms with van der Waals surface area (Å²) in [4.78, 5) is 71.5. The highest BCUT2D eigenvalue weighted by Gasteiger charge is 2.53. The van der Waals surface area contributed by atoms with Crippen molar-refractivity contribution in [1.29, 1.82) is 0 Å². The van der Waals surface area contributed by atoms with E-state index in [1.54, 1.807) is 40.9 Å². The van der Waals surface area contributed by atoms with Crippen molar-refractivity contribution in [3.8, 4) is 0 Å². The van der Waals surface area contributed by atoms with E-state index in [2.05, 4.69) is 0 Å². The van der Waals surface area contributed by atoms with Crippen molar-refractivity contribution in [1.82, 2.24) is 4.90 Å². The first-order valence-electron chi connectivity index (χ1n) is 23.8. The quantitative estimate of drug-likeness (QED) is 0.146. The Labute approximate surface area is 376 Å². The monoisotopic (exact) mass is 882 g/mol. The molecule has 1 amide bonds. The number of esters is 1. The number of ether oxygens (including phenoxy) is 3. The number of amides is 1. The topological polar surface area (TPSA) is 177 Å². The van der Waals surface area contributed by atoms with Crippen molar-refractivity contribution in [2.45, 2.75) is 182 Å². The number of allylic oxidation sites excluding steroid dienone is 6. The largest absolute Gasteiger partial charge is 0.460 e. The lowest BCUT2D eigenvalue weighted by Crippen LogP contribution is -2.61. The van der Waals surface area contributed by atoms with Crippen molar-refractivity contribution < 1.29 is 53.5 Å². The number of methoxy groups -OCH3 is 1. The first-order chi connectivity index (χ1) is 29.7. The normalized spacial score (nSPS) is 41.3. The van der Waals surface area contributed by atoms with E-state index in [0.717, 1.165) is 18.4 Å². The maximum absolute atomic E-state index is 14.3. The molecule has 0 aromatic rings. The van der Waals surface area contributed by atoms with Crippen molar-refractivity contribution in [3.63, 3.8) is 0 Å². The molecule has 4 rings (SSSR count). The highest BCUT2D eigenvalue weighted by atomic mass is 16.6. The SMILES string of the molecule is CO[C@H]1C[C@@H]2CC[C@@H](C)[C@@](O)(O2)C(=O)C(=O)N2CCCC[C@H]2C(=O)O[C@H]([C@H](C)C[C@@H]2CC[C@@H](O)[C@H](C)C2)CC(=O)[C@H](C)/C=C(\C)[C@@H](O)[C@@H](C)C(=O)[C@H](C)C[C@H](C)/C=C/C=C/C=C/1C. The molecule has 12 heteroatoms. The van der Waals surface area contributed by atoms with E-state index >= 15 is 0 Å². The minimum atomic E-state index is -2.41. The van der Waals surface area contributed by atoms with Gasteiger partial charge in [-0.05, 0) is 113 Å². The second kappa shape index (κ2) is 23.8. The zero-order chi connectivity index (χ0) is 46.8. The van der Waals surface area contributed by atoms with Gasteiger partial charge >= 0.3 is 5.97 Å². The lowest BCUT2D eigenvalue weighted by Gasteiger charge is -2.42. The van der Waals surface area contributed by atoms with Crippen LogP contribution in [-0.4, -0.2) is 105 Å². The standard InChI is InChI=1S/C51H79NO11/c1-30-16-12-11-13-17-31(2)44(61-10)28-40-21-19-37(8)51(60,63-40)48(57)49(58)52-23-15-14-18-41(52)50(59)62-45(34(5)27-39-20-22-42(53)33(4)26-39)29-43(54)32(3)25-36(7)47(56)38(9)46(55)35(6)24-30/h11-13,16-17,25,30,32-35,37-42,44-45,47,53,56,60H,14-15,18-24,26-29H2,1-10H3/b13-11+,16-12+,31-17+,36-25+/t30-,32-,33-,34-,35-,37-,38+,39-,40+,41+,42-,44+,45+,47-,51-/m1/s1. The van der Waals surface area contributed by atoms with Crippen molar-refractivity contribution in [3.05, 3.63) is 47.6 Å². The molecule has 2 bridgehead atoms. The number of ketones is 3. The van der Waals surface area contributed by atoms with Gasteiger partial charge in [-0.15, -0.1) is 0 Å². The Balaban J connectivity index is 1.68. The van der Waals surface area contributed by atoms with Gasteiger partial charge in [-0.2, -0.15) is 0 Å². The Morgan fingerprint density at radius 1 is 0.873 bits per heavy atom. The summed E-state index contributed by atoms with van der Waals surface area (Å²) in [5, 5.41) is 33.7. The number of hydrogen-bond acceptors (Lipinski definition) is 11. The van der Waals surface area contributed by atoms with Gasteiger partial charge in [-0.3, -0.25) is 19.2 Å². The second-order valence-electron chi connectivity index (χ2n) is 19.9. The van der Waals surface area contributed by atoms with E-state index in [4.69, 9.17) is 14.2 Å². The first kappa shape index (κ1) is 52.3. The number of fused-ring (bicyclic) bond motifs is 3. The minimum absolute atomic E-state index is 0.0599.